The number of unbranched alkanes of at least 4 members (excludes halogenated alkanes) is 3. The lowest BCUT2D eigenvalue weighted by Gasteiger charge is -2.30. The van der Waals surface area contributed by atoms with Crippen molar-refractivity contribution in [1.82, 2.24) is 15.8 Å². The molecule has 1 fully saturated rings. The molecule has 1 aliphatic heterocycles. The molecule has 1 aromatic heterocycles. The van der Waals surface area contributed by atoms with E-state index >= 15 is 0 Å². The second-order valence-corrected chi connectivity index (χ2v) is 8.60. The quantitative estimate of drug-likeness (QED) is 0.358. The van der Waals surface area contributed by atoms with Crippen LogP contribution in [-0.2, 0) is 4.79 Å². The Balaban J connectivity index is 1.19. The van der Waals surface area contributed by atoms with Crippen molar-refractivity contribution in [3.05, 3.63) is 54.1 Å². The Hall–Kier alpha value is -3.55. The number of anilines is 1. The predicted molar refractivity (Wildman–Crippen MR) is 131 cm³/mol. The van der Waals surface area contributed by atoms with Gasteiger partial charge in [-0.3, -0.25) is 20.4 Å². The molecule has 8 nitrogen and oxygen atoms in total. The molecule has 0 spiro atoms. The Bertz CT molecular complexity index is 1050. The van der Waals surface area contributed by atoms with Crippen LogP contribution in [0.4, 0.5) is 6.01 Å². The highest BCUT2D eigenvalue weighted by atomic mass is 16.5. The van der Waals surface area contributed by atoms with Crippen LogP contribution in [0.1, 0.15) is 55.8 Å². The molecule has 34 heavy (non-hydrogen) atoms. The maximum Gasteiger partial charge on any atom is 0.298 e. The van der Waals surface area contributed by atoms with Crippen molar-refractivity contribution in [1.29, 1.82) is 0 Å². The number of carbonyl (C=O) groups excluding carboxylic acids is 2. The molecule has 3 aromatic rings. The summed E-state index contributed by atoms with van der Waals surface area (Å²) in [6, 6.07) is 15.2. The molecule has 0 radical (unpaired) electrons. The number of carbonyl (C=O) groups is 2. The number of piperidine rings is 1. The van der Waals surface area contributed by atoms with Crippen molar-refractivity contribution in [3.8, 4) is 5.75 Å². The lowest BCUT2D eigenvalue weighted by Crippen LogP contribution is -2.47. The van der Waals surface area contributed by atoms with Crippen molar-refractivity contribution in [3.63, 3.8) is 0 Å². The van der Waals surface area contributed by atoms with E-state index in [1.54, 1.807) is 24.3 Å². The third-order valence-corrected chi connectivity index (χ3v) is 6.10. The van der Waals surface area contributed by atoms with Gasteiger partial charge in [-0.1, -0.05) is 38.3 Å². The minimum Gasteiger partial charge on any atom is -0.494 e. The minimum absolute atomic E-state index is 0.176. The van der Waals surface area contributed by atoms with Crippen LogP contribution in [0.5, 0.6) is 5.75 Å². The third kappa shape index (κ3) is 6.07. The minimum atomic E-state index is -0.355. The lowest BCUT2D eigenvalue weighted by atomic mass is 9.96. The Morgan fingerprint density at radius 1 is 1.03 bits per heavy atom. The molecule has 2 amide bonds. The van der Waals surface area contributed by atoms with Crippen LogP contribution in [0.2, 0.25) is 0 Å². The SMILES string of the molecule is CCCCCCOc1ccc(C(=O)NNC(=O)C2CCN(c3nc4ccccc4o3)CC2)cc1. The second kappa shape index (κ2) is 11.5. The van der Waals surface area contributed by atoms with Gasteiger partial charge in [0.05, 0.1) is 6.61 Å². The topological polar surface area (TPSA) is 96.7 Å². The Morgan fingerprint density at radius 2 is 1.79 bits per heavy atom. The highest BCUT2D eigenvalue weighted by Gasteiger charge is 2.27. The smallest absolute Gasteiger partial charge is 0.298 e. The number of hydrazine groups is 1. The van der Waals surface area contributed by atoms with E-state index in [2.05, 4.69) is 27.7 Å². The zero-order chi connectivity index (χ0) is 23.8. The zero-order valence-electron chi connectivity index (χ0n) is 19.6. The maximum atomic E-state index is 12.6. The number of hydrogen-bond acceptors (Lipinski definition) is 6. The van der Waals surface area contributed by atoms with Crippen LogP contribution >= 0.6 is 0 Å². The molecular formula is C26H32N4O4. The van der Waals surface area contributed by atoms with E-state index in [1.165, 1.54) is 12.8 Å². The third-order valence-electron chi connectivity index (χ3n) is 6.10. The van der Waals surface area contributed by atoms with E-state index in [0.29, 0.717) is 44.1 Å². The number of amides is 2. The number of rotatable bonds is 9. The first-order chi connectivity index (χ1) is 16.6. The molecule has 0 atom stereocenters. The Labute approximate surface area is 199 Å². The number of ether oxygens (including phenoxy) is 1. The summed E-state index contributed by atoms with van der Waals surface area (Å²) >= 11 is 0. The van der Waals surface area contributed by atoms with E-state index in [-0.39, 0.29) is 17.7 Å². The van der Waals surface area contributed by atoms with Crippen LogP contribution in [0, 0.1) is 5.92 Å². The van der Waals surface area contributed by atoms with Crippen molar-refractivity contribution in [2.24, 2.45) is 5.92 Å². The Kier molecular flexibility index (Phi) is 8.01. The molecule has 0 unspecified atom stereocenters. The molecule has 0 aliphatic carbocycles. The summed E-state index contributed by atoms with van der Waals surface area (Å²) in [5, 5.41) is 0. The van der Waals surface area contributed by atoms with E-state index in [9.17, 15) is 9.59 Å². The van der Waals surface area contributed by atoms with Gasteiger partial charge in [0.25, 0.3) is 11.9 Å². The van der Waals surface area contributed by atoms with Gasteiger partial charge in [0.2, 0.25) is 5.91 Å². The van der Waals surface area contributed by atoms with Gasteiger partial charge in [-0.2, -0.15) is 4.98 Å². The fourth-order valence-corrected chi connectivity index (χ4v) is 4.04. The van der Waals surface area contributed by atoms with Gasteiger partial charge in [0.15, 0.2) is 5.58 Å². The first-order valence-electron chi connectivity index (χ1n) is 12.1. The molecule has 0 bridgehead atoms. The maximum absolute atomic E-state index is 12.6. The first-order valence-corrected chi connectivity index (χ1v) is 12.1. The Morgan fingerprint density at radius 3 is 2.53 bits per heavy atom. The summed E-state index contributed by atoms with van der Waals surface area (Å²) in [4.78, 5) is 31.5. The molecule has 2 N–H and O–H groups in total. The normalized spacial score (nSPS) is 14.2. The summed E-state index contributed by atoms with van der Waals surface area (Å²) < 4.78 is 11.5. The van der Waals surface area contributed by atoms with Gasteiger partial charge in [-0.15, -0.1) is 0 Å². The van der Waals surface area contributed by atoms with Gasteiger partial charge < -0.3 is 14.1 Å². The highest BCUT2D eigenvalue weighted by Crippen LogP contribution is 2.26. The van der Waals surface area contributed by atoms with Crippen LogP contribution in [-0.4, -0.2) is 36.5 Å². The van der Waals surface area contributed by atoms with Crippen molar-refractivity contribution in [2.45, 2.75) is 45.4 Å². The molecule has 4 rings (SSSR count). The number of fused-ring (bicyclic) bond motifs is 1. The standard InChI is InChI=1S/C26H32N4O4/c1-2-3-4-7-18-33-21-12-10-19(11-13-21)24(31)28-29-25(32)20-14-16-30(17-15-20)26-27-22-8-5-6-9-23(22)34-26/h5-6,8-13,20H,2-4,7,14-18H2,1H3,(H,28,31)(H,29,32). The van der Waals surface area contributed by atoms with Crippen LogP contribution in [0.25, 0.3) is 11.1 Å². The number of hydrogen-bond donors (Lipinski definition) is 2. The number of benzene rings is 2. The largest absolute Gasteiger partial charge is 0.494 e. The molecule has 0 saturated carbocycles. The average molecular weight is 465 g/mol. The second-order valence-electron chi connectivity index (χ2n) is 8.60. The summed E-state index contributed by atoms with van der Waals surface area (Å²) in [7, 11) is 0. The van der Waals surface area contributed by atoms with Crippen LogP contribution in [0.15, 0.2) is 52.9 Å². The number of nitrogens with zero attached hydrogens (tertiary/aromatic N) is 2. The average Bonchev–Trinajstić information content (AvgIpc) is 3.32. The number of para-hydroxylation sites is 2. The van der Waals surface area contributed by atoms with Crippen molar-refractivity contribution < 1.29 is 18.7 Å². The van der Waals surface area contributed by atoms with Gasteiger partial charge in [-0.25, -0.2) is 0 Å². The van der Waals surface area contributed by atoms with Crippen LogP contribution in [0.3, 0.4) is 0 Å². The van der Waals surface area contributed by atoms with Crippen molar-refractivity contribution >= 4 is 28.9 Å². The van der Waals surface area contributed by atoms with Gasteiger partial charge in [0, 0.05) is 24.6 Å². The molecule has 1 aliphatic rings. The first kappa shape index (κ1) is 23.6. The summed E-state index contributed by atoms with van der Waals surface area (Å²) in [6.07, 6.45) is 5.91. The van der Waals surface area contributed by atoms with E-state index in [1.807, 2.05) is 24.3 Å². The fourth-order valence-electron chi connectivity index (χ4n) is 4.04. The van der Waals surface area contributed by atoms with Gasteiger partial charge in [0.1, 0.15) is 11.3 Å². The van der Waals surface area contributed by atoms with Crippen molar-refractivity contribution in [2.75, 3.05) is 24.6 Å². The lowest BCUT2D eigenvalue weighted by molar-refractivity contribution is -0.126. The van der Waals surface area contributed by atoms with E-state index < -0.39 is 0 Å². The molecule has 8 heteroatoms. The highest BCUT2D eigenvalue weighted by molar-refractivity contribution is 5.95. The van der Waals surface area contributed by atoms with E-state index in [0.717, 1.165) is 29.7 Å². The summed E-state index contributed by atoms with van der Waals surface area (Å²) in [5.41, 5.74) is 7.13. The molecule has 2 heterocycles. The van der Waals surface area contributed by atoms with E-state index in [4.69, 9.17) is 9.15 Å². The number of aromatic nitrogens is 1. The van der Waals surface area contributed by atoms with Gasteiger partial charge >= 0.3 is 0 Å². The number of nitrogens with one attached hydrogen (secondary N) is 2. The molecular weight excluding hydrogens is 432 g/mol. The number of oxazole rings is 1. The fraction of sp³-hybridized carbons (Fsp3) is 0.423. The molecule has 180 valence electrons. The van der Waals surface area contributed by atoms with Gasteiger partial charge in [-0.05, 0) is 55.7 Å². The van der Waals surface area contributed by atoms with Crippen LogP contribution < -0.4 is 20.5 Å². The predicted octanol–water partition coefficient (Wildman–Crippen LogP) is 4.46. The molecule has 1 saturated heterocycles. The monoisotopic (exact) mass is 464 g/mol. The summed E-state index contributed by atoms with van der Waals surface area (Å²) in [5.74, 6) is 0.0246. The zero-order valence-corrected chi connectivity index (χ0v) is 19.6. The molecule has 2 aromatic carbocycles. The summed E-state index contributed by atoms with van der Waals surface area (Å²) in [6.45, 7) is 4.18.